The van der Waals surface area contributed by atoms with Crippen molar-refractivity contribution in [3.63, 3.8) is 0 Å². The minimum atomic E-state index is -0.0648. The summed E-state index contributed by atoms with van der Waals surface area (Å²) in [6.45, 7) is 13.3. The lowest BCUT2D eigenvalue weighted by Gasteiger charge is -2.48. The zero-order valence-electron chi connectivity index (χ0n) is 17.5. The van der Waals surface area contributed by atoms with Crippen LogP contribution in [-0.4, -0.2) is 28.4 Å². The zero-order valence-corrected chi connectivity index (χ0v) is 18.3. The van der Waals surface area contributed by atoms with Gasteiger partial charge in [-0.25, -0.2) is 0 Å². The Kier molecular flexibility index (Phi) is 7.24. The molecular weight excluding hydrogens is 338 g/mol. The van der Waals surface area contributed by atoms with Crippen LogP contribution in [-0.2, 0) is 5.41 Å². The molecule has 1 fully saturated rings. The van der Waals surface area contributed by atoms with Gasteiger partial charge in [0.05, 0.1) is 6.04 Å². The lowest BCUT2D eigenvalue weighted by Crippen LogP contribution is -2.43. The van der Waals surface area contributed by atoms with Crippen molar-refractivity contribution in [2.45, 2.75) is 90.4 Å². The van der Waals surface area contributed by atoms with Gasteiger partial charge in [-0.2, -0.15) is 11.8 Å². The van der Waals surface area contributed by atoms with Crippen LogP contribution in [0.15, 0.2) is 23.2 Å². The predicted molar refractivity (Wildman–Crippen MR) is 117 cm³/mol. The van der Waals surface area contributed by atoms with Crippen LogP contribution in [0, 0.1) is 5.41 Å². The number of aromatic hydroxyl groups is 1. The molecule has 1 saturated carbocycles. The van der Waals surface area contributed by atoms with Crippen molar-refractivity contribution < 1.29 is 5.11 Å². The number of rotatable bonds is 8. The van der Waals surface area contributed by atoms with Crippen molar-refractivity contribution in [2.24, 2.45) is 10.4 Å². The van der Waals surface area contributed by atoms with E-state index < -0.39 is 0 Å². The van der Waals surface area contributed by atoms with E-state index in [0.717, 1.165) is 16.4 Å². The molecule has 3 atom stereocenters. The van der Waals surface area contributed by atoms with Crippen LogP contribution in [0.1, 0.15) is 84.8 Å². The van der Waals surface area contributed by atoms with Gasteiger partial charge in [-0.05, 0) is 60.3 Å². The Morgan fingerprint density at radius 2 is 2.08 bits per heavy atom. The molecule has 0 spiro atoms. The number of phenolic OH excluding ortho intramolecular Hbond substituents is 1. The van der Waals surface area contributed by atoms with Crippen LogP contribution in [0.2, 0.25) is 0 Å². The van der Waals surface area contributed by atoms with Gasteiger partial charge in [0.2, 0.25) is 0 Å². The summed E-state index contributed by atoms with van der Waals surface area (Å²) in [5, 5.41) is 11.4. The van der Waals surface area contributed by atoms with Gasteiger partial charge in [-0.3, -0.25) is 4.99 Å². The molecule has 2 rings (SSSR count). The number of para-hydroxylation sites is 1. The number of hydrogen-bond donors (Lipinski definition) is 1. The van der Waals surface area contributed by atoms with E-state index in [2.05, 4.69) is 53.3 Å². The first-order valence-electron chi connectivity index (χ1n) is 10.2. The summed E-state index contributed by atoms with van der Waals surface area (Å²) in [5.74, 6) is 1.59. The highest BCUT2D eigenvalue weighted by Gasteiger charge is 2.44. The molecule has 1 N–H and O–H groups in total. The molecule has 0 bridgehead atoms. The average molecular weight is 376 g/mol. The molecule has 0 saturated heterocycles. The number of hydrogen-bond acceptors (Lipinski definition) is 3. The Balaban J connectivity index is 2.10. The normalized spacial score (nSPS) is 24.6. The SMILES string of the molecule is CCSC(C)CCC1(CC)CCC1N=Cc1cccc(C(C)(C)C)c1O. The van der Waals surface area contributed by atoms with Crippen LogP contribution in [0.5, 0.6) is 5.75 Å². The average Bonchev–Trinajstić information content (AvgIpc) is 2.55. The smallest absolute Gasteiger partial charge is 0.128 e. The Bertz CT molecular complexity index is 615. The summed E-state index contributed by atoms with van der Waals surface area (Å²) in [6.07, 6.45) is 8.15. The number of nitrogens with zero attached hydrogens (tertiary/aromatic N) is 1. The van der Waals surface area contributed by atoms with E-state index in [4.69, 9.17) is 4.99 Å². The van der Waals surface area contributed by atoms with E-state index in [1.54, 1.807) is 0 Å². The van der Waals surface area contributed by atoms with Gasteiger partial charge < -0.3 is 5.11 Å². The van der Waals surface area contributed by atoms with E-state index in [-0.39, 0.29) is 5.41 Å². The van der Waals surface area contributed by atoms with Gasteiger partial charge in [-0.1, -0.05) is 53.7 Å². The summed E-state index contributed by atoms with van der Waals surface area (Å²) in [6, 6.07) is 6.42. The molecule has 0 radical (unpaired) electrons. The highest BCUT2D eigenvalue weighted by molar-refractivity contribution is 7.99. The summed E-state index contributed by atoms with van der Waals surface area (Å²) in [4.78, 5) is 4.94. The Morgan fingerprint density at radius 3 is 2.62 bits per heavy atom. The second-order valence-electron chi connectivity index (χ2n) is 8.85. The van der Waals surface area contributed by atoms with Gasteiger partial charge in [0.15, 0.2) is 0 Å². The molecule has 2 nitrogen and oxygen atoms in total. The molecule has 1 aromatic rings. The van der Waals surface area contributed by atoms with Crippen molar-refractivity contribution in [3.8, 4) is 5.75 Å². The summed E-state index contributed by atoms with van der Waals surface area (Å²) in [5.41, 5.74) is 2.15. The molecular formula is C23H37NOS. The zero-order chi connectivity index (χ0) is 19.4. The fraction of sp³-hybridized carbons (Fsp3) is 0.696. The van der Waals surface area contributed by atoms with Crippen molar-refractivity contribution in [2.75, 3.05) is 5.75 Å². The maximum atomic E-state index is 10.7. The molecule has 0 amide bonds. The van der Waals surface area contributed by atoms with Crippen LogP contribution in [0.4, 0.5) is 0 Å². The molecule has 146 valence electrons. The monoisotopic (exact) mass is 375 g/mol. The lowest BCUT2D eigenvalue weighted by molar-refractivity contribution is 0.0758. The van der Waals surface area contributed by atoms with E-state index in [0.29, 0.717) is 17.2 Å². The third-order valence-corrected chi connectivity index (χ3v) is 7.23. The Hall–Kier alpha value is -0.960. The molecule has 1 aromatic carbocycles. The molecule has 3 heteroatoms. The largest absolute Gasteiger partial charge is 0.507 e. The van der Waals surface area contributed by atoms with E-state index >= 15 is 0 Å². The number of benzene rings is 1. The van der Waals surface area contributed by atoms with Gasteiger partial charge in [0.25, 0.3) is 0 Å². The topological polar surface area (TPSA) is 32.6 Å². The number of phenols is 1. The van der Waals surface area contributed by atoms with Gasteiger partial charge in [0, 0.05) is 17.0 Å². The van der Waals surface area contributed by atoms with Crippen molar-refractivity contribution >= 4 is 18.0 Å². The van der Waals surface area contributed by atoms with E-state index in [1.165, 1.54) is 37.9 Å². The molecule has 0 heterocycles. The van der Waals surface area contributed by atoms with E-state index in [9.17, 15) is 5.11 Å². The van der Waals surface area contributed by atoms with Crippen LogP contribution in [0.3, 0.4) is 0 Å². The summed E-state index contributed by atoms with van der Waals surface area (Å²) < 4.78 is 0. The quantitative estimate of drug-likeness (QED) is 0.520. The van der Waals surface area contributed by atoms with Crippen LogP contribution in [0.25, 0.3) is 0 Å². The Labute approximate surface area is 164 Å². The minimum Gasteiger partial charge on any atom is -0.507 e. The molecule has 1 aliphatic carbocycles. The first kappa shape index (κ1) is 21.3. The van der Waals surface area contributed by atoms with Crippen molar-refractivity contribution in [1.82, 2.24) is 0 Å². The number of thioether (sulfide) groups is 1. The summed E-state index contributed by atoms with van der Waals surface area (Å²) >= 11 is 2.06. The van der Waals surface area contributed by atoms with Crippen LogP contribution >= 0.6 is 11.8 Å². The van der Waals surface area contributed by atoms with Gasteiger partial charge >= 0.3 is 0 Å². The Morgan fingerprint density at radius 1 is 1.35 bits per heavy atom. The first-order chi connectivity index (χ1) is 12.2. The second kappa shape index (κ2) is 8.82. The van der Waals surface area contributed by atoms with Crippen molar-refractivity contribution in [1.29, 1.82) is 0 Å². The standard InChI is InChI=1S/C23H37NOS/c1-7-23(14-12-17(3)26-8-2)15-13-20(23)24-16-18-10-9-11-19(21(18)25)22(4,5)6/h9-11,16-17,20,25H,7-8,12-15H2,1-6H3. The third-order valence-electron chi connectivity index (χ3n) is 6.10. The van der Waals surface area contributed by atoms with Crippen molar-refractivity contribution in [3.05, 3.63) is 29.3 Å². The molecule has 0 aromatic heterocycles. The minimum absolute atomic E-state index is 0.0648. The maximum Gasteiger partial charge on any atom is 0.128 e. The maximum absolute atomic E-state index is 10.7. The molecule has 0 aliphatic heterocycles. The van der Waals surface area contributed by atoms with E-state index in [1.807, 2.05) is 24.4 Å². The third kappa shape index (κ3) is 4.85. The molecule has 26 heavy (non-hydrogen) atoms. The number of aliphatic imine (C=N–C) groups is 1. The summed E-state index contributed by atoms with van der Waals surface area (Å²) in [7, 11) is 0. The highest BCUT2D eigenvalue weighted by atomic mass is 32.2. The molecule has 3 unspecified atom stereocenters. The highest BCUT2D eigenvalue weighted by Crippen LogP contribution is 2.50. The predicted octanol–water partition coefficient (Wildman–Crippen LogP) is 6.59. The van der Waals surface area contributed by atoms with Gasteiger partial charge in [0.1, 0.15) is 5.75 Å². The second-order valence-corrected chi connectivity index (χ2v) is 10.6. The fourth-order valence-corrected chi connectivity index (χ4v) is 4.95. The first-order valence-corrected chi connectivity index (χ1v) is 11.3. The fourth-order valence-electron chi connectivity index (χ4n) is 4.09. The van der Waals surface area contributed by atoms with Crippen LogP contribution < -0.4 is 0 Å². The lowest BCUT2D eigenvalue weighted by atomic mass is 9.60. The van der Waals surface area contributed by atoms with Gasteiger partial charge in [-0.15, -0.1) is 0 Å². The molecule has 1 aliphatic rings.